The average molecular weight is 1900 g/mol. The highest BCUT2D eigenvalue weighted by atomic mass is 79.9. The molecule has 0 bridgehead atoms. The number of carboxylic acids is 1. The number of rotatable bonds is 22. The van der Waals surface area contributed by atoms with Crippen LogP contribution < -0.4 is 16.1 Å². The van der Waals surface area contributed by atoms with E-state index in [1.807, 2.05) is 79.7 Å². The molecule has 14 rings (SSSR count). The first-order chi connectivity index (χ1) is 61.5. The fourth-order valence-corrected chi connectivity index (χ4v) is 16.7. The Morgan fingerprint density at radius 2 is 0.756 bits per heavy atom. The zero-order valence-corrected chi connectivity index (χ0v) is 75.0. The van der Waals surface area contributed by atoms with Gasteiger partial charge in [-0.3, -0.25) is 48.3 Å². The number of halogens is 13. The summed E-state index contributed by atoms with van der Waals surface area (Å²) in [4.78, 5) is 108. The minimum absolute atomic E-state index is 0.0340. The fourth-order valence-electron chi connectivity index (χ4n) is 16.5. The summed E-state index contributed by atoms with van der Waals surface area (Å²) in [5.41, 5.74) is 2.30. The number of aryl methyl sites for hydroxylation is 6. The summed E-state index contributed by atoms with van der Waals surface area (Å²) in [7, 11) is 0.461. The second kappa shape index (κ2) is 41.3. The number of aromatic nitrogens is 8. The van der Waals surface area contributed by atoms with Crippen LogP contribution in [0.4, 0.5) is 75.7 Å². The Bertz CT molecular complexity index is 5640. The molecule has 4 aromatic carbocycles. The monoisotopic (exact) mass is 1890 g/mol. The highest BCUT2D eigenvalue weighted by Crippen LogP contribution is 2.52. The molecule has 24 nitrogen and oxygen atoms in total. The number of esters is 3. The number of nitrogens with one attached hydrogen (secondary N) is 2. The standard InChI is InChI=1S/C26H25F3N4O3.C24H21F3N4O3.C22H28BF3O5.C19H16BrF3N2O3.C2H6/c1-3-36-23(34)13-25(15-26(27,28)29)11-10-17-12-18(5-7-20(17)24(25)35)21-8-9-22(33-32-21)31-19-6-4-16(2)30-14-19;1-14-2-4-17(12-28-14)29-20-7-6-19(30-31-20)16-3-5-18-15(10-16)8-9-23(22(18)34,11-21(32)33)13-24(25,26)27;1-6-29-17(27)12-21(13-22(24,25)26)10-9-14-11-15(7-8-16(14)18(21)28)23-30-19(2,3)20(4,5)31-23;1-28-16(26)9-18(10-19(21,22)23)7-6-11-8-12(2-3-13(11)17(18)27)14-4-5-15(20)25-24-14;1-2/h4-9,12,14H,3,10-11,13,15H2,1-2H3,(H,31,33);2-7,10,12H,8-9,11,13H2,1H3,(H,29,31)(H,32,33);7-8,11H,6,9-10,12-13H2,1-5H3;2-5,8H,6-7,9-10H2,1H3;1-2H3. The summed E-state index contributed by atoms with van der Waals surface area (Å²) < 4.78 is 186. The molecular weight excluding hydrogens is 1800 g/mol. The number of ether oxygens (including phenoxy) is 3. The van der Waals surface area contributed by atoms with Crippen molar-refractivity contribution in [3.63, 3.8) is 0 Å². The number of hydrogen-bond acceptors (Lipinski definition) is 23. The molecule has 4 atom stereocenters. The SMILES string of the molecule is CC.CCOC(=O)CC1(CC(F)(F)F)CCc2cc(-c3ccc(Nc4ccc(C)nc4)nn3)ccc2C1=O.CCOC(=O)CC1(CC(F)(F)F)CCc2cc(B3OC(C)(C)C(C)(C)O3)ccc2C1=O.COC(=O)CC1(CC(F)(F)F)CCc2cc(-c3ccc(Br)nn3)ccc2C1=O.Cc1ccc(Nc2ccc(-c3ccc4c(c3)CCC(CC(=O)O)(CC(F)(F)F)C4=O)nn2)cn1. The van der Waals surface area contributed by atoms with Crippen LogP contribution in [-0.2, 0) is 68.4 Å². The van der Waals surface area contributed by atoms with Gasteiger partial charge in [0.1, 0.15) is 4.60 Å². The van der Waals surface area contributed by atoms with E-state index in [-0.39, 0.29) is 86.8 Å². The first-order valence-corrected chi connectivity index (χ1v) is 42.8. The van der Waals surface area contributed by atoms with Crippen molar-refractivity contribution in [2.75, 3.05) is 31.0 Å². The number of Topliss-reactive ketones (excluding diaryl/α,β-unsaturated/α-hetero) is 4. The Hall–Kier alpha value is -11.8. The van der Waals surface area contributed by atoms with Crippen LogP contribution >= 0.6 is 15.9 Å². The number of anilines is 4. The number of nitrogens with zero attached hydrogens (tertiary/aromatic N) is 8. The van der Waals surface area contributed by atoms with E-state index >= 15 is 0 Å². The molecule has 4 unspecified atom stereocenters. The number of aliphatic carboxylic acids is 1. The third-order valence-electron chi connectivity index (χ3n) is 23.5. The molecule has 1 aliphatic heterocycles. The van der Waals surface area contributed by atoms with Gasteiger partial charge in [0.05, 0.1) is 145 Å². The minimum Gasteiger partial charge on any atom is -0.481 e. The number of pyridine rings is 2. The van der Waals surface area contributed by atoms with Crippen LogP contribution in [0.15, 0.2) is 150 Å². The Morgan fingerprint density at radius 3 is 1.05 bits per heavy atom. The van der Waals surface area contributed by atoms with Gasteiger partial charge in [-0.1, -0.05) is 68.4 Å². The van der Waals surface area contributed by atoms with Crippen LogP contribution in [0.2, 0.25) is 0 Å². The number of carbonyl (C=O) groups excluding carboxylic acids is 7. The van der Waals surface area contributed by atoms with Gasteiger partial charge in [0.2, 0.25) is 0 Å². The van der Waals surface area contributed by atoms with E-state index in [4.69, 9.17) is 18.8 Å². The number of alkyl halides is 12. The molecule has 0 radical (unpaired) electrons. The van der Waals surface area contributed by atoms with Gasteiger partial charge in [0.15, 0.2) is 34.8 Å². The average Bonchev–Trinajstić information content (AvgIpc) is 1.76. The molecule has 5 aromatic heterocycles. The second-order valence-corrected chi connectivity index (χ2v) is 34.3. The van der Waals surface area contributed by atoms with Crippen molar-refractivity contribution < 1.29 is 120 Å². The molecule has 5 aliphatic rings. The maximum atomic E-state index is 13.4. The summed E-state index contributed by atoms with van der Waals surface area (Å²) in [6, 6.07) is 37.3. The van der Waals surface area contributed by atoms with Gasteiger partial charge >= 0.3 is 55.7 Å². The van der Waals surface area contributed by atoms with Gasteiger partial charge in [0.25, 0.3) is 0 Å². The van der Waals surface area contributed by atoms with Gasteiger partial charge < -0.3 is 39.3 Å². The summed E-state index contributed by atoms with van der Waals surface area (Å²) >= 11 is 3.20. The minimum atomic E-state index is -4.65. The lowest BCUT2D eigenvalue weighted by Gasteiger charge is -2.36. The van der Waals surface area contributed by atoms with Gasteiger partial charge in [-0.2, -0.15) is 52.7 Å². The van der Waals surface area contributed by atoms with Gasteiger partial charge in [-0.15, -0.1) is 30.6 Å². The number of carboxylic acid groups (broad SMARTS) is 1. The summed E-state index contributed by atoms with van der Waals surface area (Å²) in [5.74, 6) is -5.63. The molecule has 3 N–H and O–H groups in total. The van der Waals surface area contributed by atoms with Gasteiger partial charge in [0, 0.05) is 50.3 Å². The van der Waals surface area contributed by atoms with E-state index in [2.05, 4.69) is 71.9 Å². The molecular formula is C93H96BBrF12N10O14. The highest BCUT2D eigenvalue weighted by Gasteiger charge is 2.57. The number of hydrogen-bond donors (Lipinski definition) is 3. The number of ketones is 4. The molecule has 696 valence electrons. The maximum absolute atomic E-state index is 13.4. The molecule has 4 aliphatic carbocycles. The van der Waals surface area contributed by atoms with Crippen LogP contribution in [0, 0.1) is 35.5 Å². The molecule has 0 saturated carbocycles. The summed E-state index contributed by atoms with van der Waals surface area (Å²) in [6.45, 7) is 18.7. The van der Waals surface area contributed by atoms with E-state index in [1.165, 1.54) is 24.3 Å². The Balaban J connectivity index is 0.000000181. The maximum Gasteiger partial charge on any atom is 0.494 e. The second-order valence-electron chi connectivity index (χ2n) is 33.5. The smallest absolute Gasteiger partial charge is 0.481 e. The molecule has 0 amide bonds. The van der Waals surface area contributed by atoms with Gasteiger partial charge in [-0.05, 0) is 229 Å². The normalized spacial score (nSPS) is 19.4. The third-order valence-corrected chi connectivity index (χ3v) is 23.9. The van der Waals surface area contributed by atoms with Crippen molar-refractivity contribution in [2.24, 2.45) is 21.7 Å². The van der Waals surface area contributed by atoms with E-state index in [0.29, 0.717) is 77.7 Å². The predicted octanol–water partition coefficient (Wildman–Crippen LogP) is 20.3. The van der Waals surface area contributed by atoms with Crippen molar-refractivity contribution in [3.05, 3.63) is 206 Å². The first-order valence-electron chi connectivity index (χ1n) is 42.0. The van der Waals surface area contributed by atoms with Crippen LogP contribution in [0.25, 0.3) is 33.8 Å². The van der Waals surface area contributed by atoms with Crippen LogP contribution in [0.3, 0.4) is 0 Å². The molecule has 9 aromatic rings. The Morgan fingerprint density at radius 1 is 0.435 bits per heavy atom. The Kier molecular flexibility index (Phi) is 32.0. The zero-order valence-electron chi connectivity index (χ0n) is 73.4. The van der Waals surface area contributed by atoms with Gasteiger partial charge in [-0.25, -0.2) is 0 Å². The lowest BCUT2D eigenvalue weighted by molar-refractivity contribution is -0.163. The van der Waals surface area contributed by atoms with E-state index in [9.17, 15) is 96.1 Å². The number of carbonyl (C=O) groups is 8. The van der Waals surface area contributed by atoms with Crippen molar-refractivity contribution in [1.82, 2.24) is 40.6 Å². The zero-order chi connectivity index (χ0) is 96.2. The summed E-state index contributed by atoms with van der Waals surface area (Å²) in [6.07, 6.45) is -22.8. The predicted molar refractivity (Wildman–Crippen MR) is 463 cm³/mol. The van der Waals surface area contributed by atoms with Crippen molar-refractivity contribution in [2.45, 2.75) is 208 Å². The lowest BCUT2D eigenvalue weighted by Crippen LogP contribution is -2.43. The van der Waals surface area contributed by atoms with Crippen LogP contribution in [0.1, 0.15) is 208 Å². The van der Waals surface area contributed by atoms with Crippen LogP contribution in [0.5, 0.6) is 0 Å². The largest absolute Gasteiger partial charge is 0.494 e. The van der Waals surface area contributed by atoms with Crippen molar-refractivity contribution in [3.8, 4) is 33.8 Å². The molecule has 1 fully saturated rings. The Labute approximate surface area is 755 Å². The highest BCUT2D eigenvalue weighted by molar-refractivity contribution is 9.10. The molecule has 0 spiro atoms. The number of methoxy groups -OCH3 is 1. The van der Waals surface area contributed by atoms with E-state index < -0.39 is 163 Å². The quantitative estimate of drug-likeness (QED) is 0.0246. The number of fused-ring (bicyclic) bond motifs is 4. The van der Waals surface area contributed by atoms with Crippen LogP contribution in [-0.4, -0.2) is 156 Å². The van der Waals surface area contributed by atoms with Crippen molar-refractivity contribution in [1.29, 1.82) is 0 Å². The first kappa shape index (κ1) is 101. The topological polar surface area (TPSA) is 330 Å². The third kappa shape index (κ3) is 25.7. The molecule has 6 heterocycles. The summed E-state index contributed by atoms with van der Waals surface area (Å²) in [5, 5.41) is 40.1. The molecule has 131 heavy (non-hydrogen) atoms. The molecule has 1 saturated heterocycles. The van der Waals surface area contributed by atoms with E-state index in [1.54, 1.807) is 111 Å². The lowest BCUT2D eigenvalue weighted by atomic mass is 9.65. The van der Waals surface area contributed by atoms with Crippen molar-refractivity contribution >= 4 is 98.5 Å². The van der Waals surface area contributed by atoms with E-state index in [0.717, 1.165) is 29.9 Å². The number of benzene rings is 4. The fraction of sp³-hybridized carbons (Fsp3) is 0.419. The molecule has 38 heteroatoms.